The molecule has 0 radical (unpaired) electrons. The van der Waals surface area contributed by atoms with Crippen molar-refractivity contribution in [3.63, 3.8) is 0 Å². The van der Waals surface area contributed by atoms with Crippen LogP contribution < -0.4 is 16.6 Å². The van der Waals surface area contributed by atoms with E-state index in [9.17, 15) is 0 Å². The number of hydrazine groups is 1. The highest BCUT2D eigenvalue weighted by molar-refractivity contribution is 6.42. The molecule has 0 amide bonds. The molecule has 0 fully saturated rings. The zero-order valence-corrected chi connectivity index (χ0v) is 9.33. The van der Waals surface area contributed by atoms with Crippen molar-refractivity contribution in [3.05, 3.63) is 40.1 Å². The van der Waals surface area contributed by atoms with Crippen LogP contribution in [0, 0.1) is 0 Å². The minimum Gasteiger partial charge on any atom is -0.399 e. The lowest BCUT2D eigenvalue weighted by atomic mass is 10.3. The predicted octanol–water partition coefficient (Wildman–Crippen LogP) is 1.47. The van der Waals surface area contributed by atoms with Gasteiger partial charge >= 0.3 is 0 Å². The summed E-state index contributed by atoms with van der Waals surface area (Å²) >= 11 is 11.6. The smallest absolute Gasteiger partial charge is 0.0840 e. The van der Waals surface area contributed by atoms with Gasteiger partial charge in [0.2, 0.25) is 0 Å². The van der Waals surface area contributed by atoms with Crippen LogP contribution >= 0.6 is 23.2 Å². The van der Waals surface area contributed by atoms with Gasteiger partial charge in [0, 0.05) is 6.20 Å². The first-order chi connectivity index (χ1) is 7.04. The summed E-state index contributed by atoms with van der Waals surface area (Å²) in [5.74, 6) is 5.65. The first-order valence-electron chi connectivity index (χ1n) is 4.10. The molecule has 0 spiro atoms. The molecule has 0 atom stereocenters. The van der Waals surface area contributed by atoms with Crippen LogP contribution in [-0.2, 0) is 0 Å². The molecule has 0 aliphatic heterocycles. The van der Waals surface area contributed by atoms with Gasteiger partial charge in [0.15, 0.2) is 0 Å². The van der Waals surface area contributed by atoms with E-state index in [4.69, 9.17) is 39.9 Å². The van der Waals surface area contributed by atoms with Crippen LogP contribution in [0.2, 0.25) is 10.0 Å². The molecule has 6 heteroatoms. The molecule has 82 valence electrons. The van der Waals surface area contributed by atoms with Gasteiger partial charge in [-0.1, -0.05) is 23.2 Å². The van der Waals surface area contributed by atoms with E-state index in [0.717, 1.165) is 0 Å². The Morgan fingerprint density at radius 3 is 2.60 bits per heavy atom. The highest BCUT2D eigenvalue weighted by Crippen LogP contribution is 2.26. The lowest BCUT2D eigenvalue weighted by Gasteiger charge is -2.15. The zero-order valence-electron chi connectivity index (χ0n) is 7.82. The largest absolute Gasteiger partial charge is 0.399 e. The van der Waals surface area contributed by atoms with Crippen molar-refractivity contribution in [3.8, 4) is 0 Å². The third-order valence-corrected chi connectivity index (χ3v) is 2.43. The van der Waals surface area contributed by atoms with Crippen LogP contribution in [0.4, 0.5) is 5.69 Å². The lowest BCUT2D eigenvalue weighted by molar-refractivity contribution is 0.329. The molecule has 0 saturated carbocycles. The lowest BCUT2D eigenvalue weighted by Crippen LogP contribution is -2.26. The fourth-order valence-corrected chi connectivity index (χ4v) is 1.23. The van der Waals surface area contributed by atoms with Crippen LogP contribution in [0.1, 0.15) is 0 Å². The van der Waals surface area contributed by atoms with Gasteiger partial charge in [-0.05, 0) is 18.2 Å². The number of aliphatic hydroxyl groups excluding tert-OH is 1. The van der Waals surface area contributed by atoms with E-state index >= 15 is 0 Å². The van der Waals surface area contributed by atoms with Gasteiger partial charge in [-0.2, -0.15) is 0 Å². The molecular formula is C9H11Cl2N3O. The molecule has 0 aromatic heterocycles. The Kier molecular flexibility index (Phi) is 4.23. The number of halogens is 2. The van der Waals surface area contributed by atoms with Gasteiger partial charge in [0.05, 0.1) is 28.0 Å². The Labute approximate surface area is 97.6 Å². The average Bonchev–Trinajstić information content (AvgIpc) is 2.21. The molecule has 0 aliphatic rings. The summed E-state index contributed by atoms with van der Waals surface area (Å²) in [6.45, 7) is -0.255. The number of hydrogen-bond donors (Lipinski definition) is 3. The summed E-state index contributed by atoms with van der Waals surface area (Å²) in [5, 5.41) is 10.8. The van der Waals surface area contributed by atoms with E-state index in [1.54, 1.807) is 18.2 Å². The standard InChI is InChI=1S/C9H11Cl2N3O/c10-8-2-1-7(3-9(8)11)14(13)4-6(12)5-15/h1-4,15H,5,12-13H2/b6-4-. The number of hydrogen-bond acceptors (Lipinski definition) is 4. The van der Waals surface area contributed by atoms with Crippen LogP contribution in [-0.4, -0.2) is 11.7 Å². The second kappa shape index (κ2) is 5.23. The van der Waals surface area contributed by atoms with Gasteiger partial charge in [-0.15, -0.1) is 0 Å². The summed E-state index contributed by atoms with van der Waals surface area (Å²) in [6, 6.07) is 4.92. The number of nitrogens with zero attached hydrogens (tertiary/aromatic N) is 1. The number of anilines is 1. The molecule has 1 aromatic rings. The van der Waals surface area contributed by atoms with Crippen molar-refractivity contribution in [2.24, 2.45) is 11.6 Å². The molecule has 1 aromatic carbocycles. The number of rotatable bonds is 3. The van der Waals surface area contributed by atoms with E-state index in [1.165, 1.54) is 11.2 Å². The summed E-state index contributed by atoms with van der Waals surface area (Å²) in [5.41, 5.74) is 6.29. The van der Waals surface area contributed by atoms with Crippen molar-refractivity contribution in [2.75, 3.05) is 11.6 Å². The average molecular weight is 248 g/mol. The second-order valence-electron chi connectivity index (χ2n) is 2.87. The Bertz CT molecular complexity index is 382. The SMILES string of the molecule is N/C(=C\N(N)c1ccc(Cl)c(Cl)c1)CO. The highest BCUT2D eigenvalue weighted by atomic mass is 35.5. The van der Waals surface area contributed by atoms with E-state index in [-0.39, 0.29) is 12.3 Å². The van der Waals surface area contributed by atoms with Crippen LogP contribution in [0.5, 0.6) is 0 Å². The Balaban J connectivity index is 2.92. The summed E-state index contributed by atoms with van der Waals surface area (Å²) in [7, 11) is 0. The summed E-state index contributed by atoms with van der Waals surface area (Å²) in [6.07, 6.45) is 1.40. The number of nitrogens with two attached hydrogens (primary N) is 2. The maximum Gasteiger partial charge on any atom is 0.0840 e. The maximum atomic E-state index is 8.71. The van der Waals surface area contributed by atoms with Crippen molar-refractivity contribution in [1.82, 2.24) is 0 Å². The Morgan fingerprint density at radius 1 is 1.40 bits per heavy atom. The third kappa shape index (κ3) is 3.28. The molecule has 5 N–H and O–H groups in total. The summed E-state index contributed by atoms with van der Waals surface area (Å²) in [4.78, 5) is 0. The fraction of sp³-hybridized carbons (Fsp3) is 0.111. The second-order valence-corrected chi connectivity index (χ2v) is 3.68. The molecule has 0 saturated heterocycles. The molecule has 0 bridgehead atoms. The van der Waals surface area contributed by atoms with Gasteiger partial charge < -0.3 is 10.8 Å². The predicted molar refractivity (Wildman–Crippen MR) is 62.5 cm³/mol. The number of aliphatic hydroxyl groups is 1. The molecule has 1 rings (SSSR count). The van der Waals surface area contributed by atoms with Crippen molar-refractivity contribution < 1.29 is 5.11 Å². The van der Waals surface area contributed by atoms with Gasteiger partial charge in [-0.25, -0.2) is 5.84 Å². The molecule has 15 heavy (non-hydrogen) atoms. The molecular weight excluding hydrogens is 237 g/mol. The molecule has 0 unspecified atom stereocenters. The van der Waals surface area contributed by atoms with E-state index in [1.807, 2.05) is 0 Å². The Morgan fingerprint density at radius 2 is 2.07 bits per heavy atom. The van der Waals surface area contributed by atoms with Gasteiger partial charge in [-0.3, -0.25) is 5.01 Å². The highest BCUT2D eigenvalue weighted by Gasteiger charge is 2.03. The minimum atomic E-state index is -0.255. The van der Waals surface area contributed by atoms with E-state index in [0.29, 0.717) is 15.7 Å². The first-order valence-corrected chi connectivity index (χ1v) is 4.86. The van der Waals surface area contributed by atoms with Crippen LogP contribution in [0.25, 0.3) is 0 Å². The van der Waals surface area contributed by atoms with Gasteiger partial charge in [0.1, 0.15) is 0 Å². The first kappa shape index (κ1) is 12.1. The molecule has 0 aliphatic carbocycles. The quantitative estimate of drug-likeness (QED) is 0.559. The van der Waals surface area contributed by atoms with E-state index < -0.39 is 0 Å². The molecule has 0 heterocycles. The zero-order chi connectivity index (χ0) is 11.4. The van der Waals surface area contributed by atoms with E-state index in [2.05, 4.69) is 0 Å². The molecule has 4 nitrogen and oxygen atoms in total. The normalized spacial score (nSPS) is 11.6. The topological polar surface area (TPSA) is 75.5 Å². The van der Waals surface area contributed by atoms with Crippen molar-refractivity contribution in [1.29, 1.82) is 0 Å². The summed E-state index contributed by atoms with van der Waals surface area (Å²) < 4.78 is 0. The van der Waals surface area contributed by atoms with Gasteiger partial charge in [0.25, 0.3) is 0 Å². The monoisotopic (exact) mass is 247 g/mol. The van der Waals surface area contributed by atoms with Crippen LogP contribution in [0.3, 0.4) is 0 Å². The Hall–Kier alpha value is -0.940. The fourth-order valence-electron chi connectivity index (χ4n) is 0.940. The third-order valence-electron chi connectivity index (χ3n) is 1.69. The minimum absolute atomic E-state index is 0.253. The number of benzene rings is 1. The van der Waals surface area contributed by atoms with Crippen molar-refractivity contribution in [2.45, 2.75) is 0 Å². The van der Waals surface area contributed by atoms with Crippen LogP contribution in [0.15, 0.2) is 30.1 Å². The maximum absolute atomic E-state index is 8.71. The van der Waals surface area contributed by atoms with Crippen molar-refractivity contribution >= 4 is 28.9 Å².